The molecule has 2 heteroatoms. The summed E-state index contributed by atoms with van der Waals surface area (Å²) in [6, 6.07) is 0. The summed E-state index contributed by atoms with van der Waals surface area (Å²) in [5.74, 6) is 0. The molecule has 0 bridgehead atoms. The van der Waals surface area contributed by atoms with Gasteiger partial charge < -0.3 is 0 Å². The van der Waals surface area contributed by atoms with Crippen molar-refractivity contribution in [2.75, 3.05) is 25.2 Å². The van der Waals surface area contributed by atoms with E-state index in [0.717, 1.165) is 0 Å². The number of hydrogen-bond acceptors (Lipinski definition) is 0. The minimum Gasteiger partial charge on any atom is -0.153 e. The Morgan fingerprint density at radius 2 is 0.933 bits per heavy atom. The second kappa shape index (κ2) is 11.3. The summed E-state index contributed by atoms with van der Waals surface area (Å²) >= 11 is 0. The van der Waals surface area contributed by atoms with Gasteiger partial charge in [0, 0.05) is 0 Å². The molecular weight excluding hydrogens is 218 g/mol. The Hall–Kier alpha value is 0.860. The molecule has 0 fully saturated rings. The average Bonchev–Trinajstić information content (AvgIpc) is 2.21. The van der Waals surface area contributed by atoms with Gasteiger partial charge in [-0.25, -0.2) is 0 Å². The first-order valence-electron chi connectivity index (χ1n) is 6.68. The Morgan fingerprint density at radius 1 is 0.667 bits per heavy atom. The van der Waals surface area contributed by atoms with Crippen molar-refractivity contribution in [2.45, 2.75) is 59.3 Å². The first-order valence-corrected chi connectivity index (χ1v) is 9.80. The summed E-state index contributed by atoms with van der Waals surface area (Å²) in [5.41, 5.74) is 0. The van der Waals surface area contributed by atoms with Gasteiger partial charge in [0.1, 0.15) is 0 Å². The molecule has 0 saturated carbocycles. The molecule has 1 unspecified atom stereocenters. The number of rotatable bonds is 9. The van der Waals surface area contributed by atoms with Crippen molar-refractivity contribution in [3.8, 4) is 0 Å². The first-order chi connectivity index (χ1) is 6.68. The predicted molar refractivity (Wildman–Crippen MR) is 84.7 cm³/mol. The van der Waals surface area contributed by atoms with Gasteiger partial charge in [-0.2, -0.15) is 9.90 Å². The van der Waals surface area contributed by atoms with E-state index in [1.54, 1.807) is 18.5 Å². The van der Waals surface area contributed by atoms with Crippen LogP contribution in [-0.2, 0) is 0 Å². The Balaban J connectivity index is 0. The number of unbranched alkanes of at least 4 members (excludes halogenated alkanes) is 3. The monoisotopic (exact) mass is 252 g/mol. The van der Waals surface area contributed by atoms with Crippen molar-refractivity contribution in [3.05, 3.63) is 0 Å². The van der Waals surface area contributed by atoms with Crippen LogP contribution < -0.4 is 0 Å². The molecule has 0 saturated heterocycles. The molecule has 0 aliphatic carbocycles. The zero-order valence-electron chi connectivity index (χ0n) is 11.6. The minimum atomic E-state index is -0.812. The van der Waals surface area contributed by atoms with Gasteiger partial charge in [0.2, 0.25) is 0 Å². The quantitative estimate of drug-likeness (QED) is 0.516. The zero-order chi connectivity index (χ0) is 10.9. The molecule has 0 aromatic rings. The molecule has 96 valence electrons. The van der Waals surface area contributed by atoms with E-state index in [2.05, 4.69) is 27.4 Å². The third-order valence-corrected chi connectivity index (χ3v) is 8.08. The third kappa shape index (κ3) is 9.77. The summed E-state index contributed by atoms with van der Waals surface area (Å²) in [7, 11) is -0.812. The largest absolute Gasteiger partial charge is 0.153 e. The van der Waals surface area contributed by atoms with Crippen LogP contribution in [0.3, 0.4) is 0 Å². The summed E-state index contributed by atoms with van der Waals surface area (Å²) in [4.78, 5) is 0. The van der Waals surface area contributed by atoms with Crippen LogP contribution >= 0.6 is 17.2 Å². The fourth-order valence-electron chi connectivity index (χ4n) is 2.19. The summed E-state index contributed by atoms with van der Waals surface area (Å²) in [5, 5.41) is 0. The Morgan fingerprint density at radius 3 is 1.13 bits per heavy atom. The van der Waals surface area contributed by atoms with Crippen LogP contribution in [0.2, 0.25) is 0 Å². The molecule has 1 atom stereocenters. The van der Waals surface area contributed by atoms with Crippen molar-refractivity contribution < 1.29 is 0 Å². The molecule has 15 heavy (non-hydrogen) atoms. The predicted octanol–water partition coefficient (Wildman–Crippen LogP) is 4.82. The molecular formula is C13H34P2. The first kappa shape index (κ1) is 18.2. The Bertz CT molecular complexity index is 102. The van der Waals surface area contributed by atoms with Crippen molar-refractivity contribution >= 4 is 17.2 Å². The Labute approximate surface area is 102 Å². The van der Waals surface area contributed by atoms with Gasteiger partial charge in [-0.15, -0.1) is 0 Å². The van der Waals surface area contributed by atoms with Crippen molar-refractivity contribution in [3.63, 3.8) is 0 Å². The summed E-state index contributed by atoms with van der Waals surface area (Å²) in [6.45, 7) is 9.63. The topological polar surface area (TPSA) is 0 Å². The number of hydrogen-bond donors (Lipinski definition) is 0. The second-order valence-corrected chi connectivity index (χ2v) is 10.2. The van der Waals surface area contributed by atoms with E-state index in [9.17, 15) is 0 Å². The molecule has 0 aromatic carbocycles. The van der Waals surface area contributed by atoms with E-state index in [1.165, 1.54) is 38.5 Å². The van der Waals surface area contributed by atoms with Gasteiger partial charge in [0.05, 0.1) is 0 Å². The molecule has 0 nitrogen and oxygen atoms in total. The van der Waals surface area contributed by atoms with Gasteiger partial charge >= 0.3 is 91.7 Å². The maximum atomic E-state index is 2.65. The van der Waals surface area contributed by atoms with Gasteiger partial charge in [0.15, 0.2) is 0 Å². The van der Waals surface area contributed by atoms with Crippen molar-refractivity contribution in [2.24, 2.45) is 0 Å². The van der Waals surface area contributed by atoms with E-state index in [-0.39, 0.29) is 9.90 Å². The van der Waals surface area contributed by atoms with Crippen LogP contribution in [0.15, 0.2) is 0 Å². The smallest absolute Gasteiger partial charge is 0.153 e. The molecule has 0 rings (SSSR count). The summed E-state index contributed by atoms with van der Waals surface area (Å²) < 4.78 is 0. The van der Waals surface area contributed by atoms with E-state index in [1.807, 2.05) is 0 Å². The maximum absolute atomic E-state index is 2.65. The Kier molecular flexibility index (Phi) is 13.8. The molecule has 0 amide bonds. The van der Waals surface area contributed by atoms with Crippen molar-refractivity contribution in [1.29, 1.82) is 0 Å². The summed E-state index contributed by atoms with van der Waals surface area (Å²) in [6.07, 6.45) is 13.4. The van der Waals surface area contributed by atoms with Gasteiger partial charge in [-0.05, 0) is 0 Å². The minimum absolute atomic E-state index is 0. The molecule has 0 N–H and O–H groups in total. The van der Waals surface area contributed by atoms with Crippen LogP contribution in [0, 0.1) is 0 Å². The zero-order valence-corrected chi connectivity index (χ0v) is 14.0. The maximum Gasteiger partial charge on any atom is -0.153 e. The van der Waals surface area contributed by atoms with Crippen LogP contribution in [0.4, 0.5) is 0 Å². The normalized spacial score (nSPS) is 12.3. The van der Waals surface area contributed by atoms with Crippen molar-refractivity contribution in [1.82, 2.24) is 0 Å². The fraction of sp³-hybridized carbons (Fsp3) is 1.00. The standard InChI is InChI=1S/C13H31P.H3P/c1-5-8-11-14(4,12-9-6-2)13-10-7-3;/h14H,5-13H2,1-4H3;1H3. The van der Waals surface area contributed by atoms with E-state index in [0.29, 0.717) is 0 Å². The van der Waals surface area contributed by atoms with E-state index >= 15 is 0 Å². The van der Waals surface area contributed by atoms with Crippen LogP contribution in [0.1, 0.15) is 59.3 Å². The van der Waals surface area contributed by atoms with Gasteiger partial charge in [-0.1, -0.05) is 0 Å². The van der Waals surface area contributed by atoms with Crippen LogP contribution in [0.25, 0.3) is 0 Å². The van der Waals surface area contributed by atoms with E-state index < -0.39 is 7.26 Å². The second-order valence-electron chi connectivity index (χ2n) is 5.12. The van der Waals surface area contributed by atoms with Crippen LogP contribution in [-0.4, -0.2) is 25.2 Å². The SMILES string of the molecule is CCCC[PH](C)(CCCC)CCCC.P. The molecule has 0 aromatic heterocycles. The van der Waals surface area contributed by atoms with E-state index in [4.69, 9.17) is 0 Å². The molecule has 0 aliphatic rings. The molecule has 0 radical (unpaired) electrons. The average molecular weight is 252 g/mol. The molecule has 0 heterocycles. The fourth-order valence-corrected chi connectivity index (χ4v) is 6.56. The van der Waals surface area contributed by atoms with Gasteiger partial charge in [-0.3, -0.25) is 0 Å². The van der Waals surface area contributed by atoms with Crippen LogP contribution in [0.5, 0.6) is 0 Å². The molecule has 0 spiro atoms. The third-order valence-electron chi connectivity index (χ3n) is 3.40. The van der Waals surface area contributed by atoms with Gasteiger partial charge in [0.25, 0.3) is 0 Å². The molecule has 0 aliphatic heterocycles.